The first kappa shape index (κ1) is 24.2. The number of hydrogen-bond donors (Lipinski definition) is 2. The molecule has 2 unspecified atom stereocenters. The number of nitrogens with zero attached hydrogens (tertiary/aromatic N) is 2. The number of hydrogen-bond acceptors (Lipinski definition) is 5. The lowest BCUT2D eigenvalue weighted by atomic mass is 9.44. The number of benzene rings is 2. The van der Waals surface area contributed by atoms with E-state index in [0.717, 1.165) is 48.5 Å². The van der Waals surface area contributed by atoms with Crippen molar-refractivity contribution in [1.29, 1.82) is 0 Å². The smallest absolute Gasteiger partial charge is 0.246 e. The van der Waals surface area contributed by atoms with E-state index in [0.29, 0.717) is 18.6 Å². The molecule has 2 heterocycles. The normalized spacial score (nSPS) is 35.2. The van der Waals surface area contributed by atoms with Crippen LogP contribution in [0.25, 0.3) is 6.08 Å². The number of amides is 1. The summed E-state index contributed by atoms with van der Waals surface area (Å²) in [5.41, 5.74) is 1.80. The molecule has 5 aliphatic rings. The summed E-state index contributed by atoms with van der Waals surface area (Å²) in [5, 5.41) is 23.7. The van der Waals surface area contributed by atoms with Gasteiger partial charge in [0.1, 0.15) is 5.60 Å². The molecule has 3 aliphatic carbocycles. The summed E-state index contributed by atoms with van der Waals surface area (Å²) in [5.74, 6) is 1.31. The SMILES string of the molecule is Cc1cccc(/C=C/C(=O)N(C)C2CC[C@@]3(O)[C@H]4Cc5ccc(O)c6c5[C@@]3(CCN4CC3CC3)C2(C)O6)c1. The highest BCUT2D eigenvalue weighted by molar-refractivity contribution is 5.92. The number of piperidine rings is 1. The van der Waals surface area contributed by atoms with Crippen molar-refractivity contribution >= 4 is 12.0 Å². The van der Waals surface area contributed by atoms with Gasteiger partial charge in [0.2, 0.25) is 5.91 Å². The minimum atomic E-state index is -0.973. The maximum atomic E-state index is 13.5. The van der Waals surface area contributed by atoms with Crippen LogP contribution in [0, 0.1) is 12.8 Å². The van der Waals surface area contributed by atoms with E-state index in [4.69, 9.17) is 4.74 Å². The zero-order valence-corrected chi connectivity index (χ0v) is 22.6. The number of ether oxygens (including phenoxy) is 1. The van der Waals surface area contributed by atoms with Crippen molar-refractivity contribution in [2.75, 3.05) is 20.1 Å². The lowest BCUT2D eigenvalue weighted by Gasteiger charge is -2.68. The molecule has 7 rings (SSSR count). The molecule has 5 atom stereocenters. The summed E-state index contributed by atoms with van der Waals surface area (Å²) >= 11 is 0. The van der Waals surface area contributed by atoms with Crippen molar-refractivity contribution in [1.82, 2.24) is 9.80 Å². The molecule has 6 heteroatoms. The van der Waals surface area contributed by atoms with E-state index in [-0.39, 0.29) is 23.7 Å². The second kappa shape index (κ2) is 8.09. The van der Waals surface area contributed by atoms with Gasteiger partial charge in [0.25, 0.3) is 0 Å². The van der Waals surface area contributed by atoms with Gasteiger partial charge in [0.15, 0.2) is 11.5 Å². The third-order valence-corrected chi connectivity index (χ3v) is 10.6. The molecular formula is C32H38N2O4. The summed E-state index contributed by atoms with van der Waals surface area (Å²) in [4.78, 5) is 17.9. The summed E-state index contributed by atoms with van der Waals surface area (Å²) in [6.07, 6.45) is 8.86. The lowest BCUT2D eigenvalue weighted by Crippen LogP contribution is -2.82. The fraction of sp³-hybridized carbons (Fsp3) is 0.531. The molecule has 1 spiro atoms. The van der Waals surface area contributed by atoms with Gasteiger partial charge < -0.3 is 19.8 Å². The van der Waals surface area contributed by atoms with E-state index in [1.165, 1.54) is 18.4 Å². The number of likely N-dealkylation sites (N-methyl/N-ethyl adjacent to an activating group) is 1. The highest BCUT2D eigenvalue weighted by atomic mass is 16.5. The van der Waals surface area contributed by atoms with E-state index in [9.17, 15) is 15.0 Å². The van der Waals surface area contributed by atoms with Crippen LogP contribution in [-0.2, 0) is 16.6 Å². The van der Waals surface area contributed by atoms with Crippen LogP contribution in [0.1, 0.15) is 61.3 Å². The van der Waals surface area contributed by atoms with Gasteiger partial charge in [-0.1, -0.05) is 35.9 Å². The molecule has 2 bridgehead atoms. The number of aliphatic hydroxyl groups is 1. The Morgan fingerprint density at radius 1 is 1.21 bits per heavy atom. The topological polar surface area (TPSA) is 73.2 Å². The van der Waals surface area contributed by atoms with Gasteiger partial charge in [0.05, 0.1) is 17.1 Å². The molecule has 1 amide bonds. The van der Waals surface area contributed by atoms with Crippen LogP contribution in [0.4, 0.5) is 0 Å². The summed E-state index contributed by atoms with van der Waals surface area (Å²) < 4.78 is 6.81. The van der Waals surface area contributed by atoms with Crippen LogP contribution in [-0.4, -0.2) is 69.3 Å². The molecular weight excluding hydrogens is 476 g/mol. The Bertz CT molecular complexity index is 1350. The fourth-order valence-corrected chi connectivity index (χ4v) is 8.69. The van der Waals surface area contributed by atoms with Crippen molar-refractivity contribution in [2.24, 2.45) is 5.92 Å². The maximum absolute atomic E-state index is 13.5. The Kier molecular flexibility index (Phi) is 5.16. The first-order chi connectivity index (χ1) is 18.2. The maximum Gasteiger partial charge on any atom is 0.246 e. The van der Waals surface area contributed by atoms with Crippen molar-refractivity contribution in [3.63, 3.8) is 0 Å². The largest absolute Gasteiger partial charge is 0.504 e. The Labute approximate surface area is 224 Å². The summed E-state index contributed by atoms with van der Waals surface area (Å²) in [6.45, 7) is 6.07. The Morgan fingerprint density at radius 3 is 2.79 bits per heavy atom. The third kappa shape index (κ3) is 3.10. The third-order valence-electron chi connectivity index (χ3n) is 10.6. The molecule has 2 aliphatic heterocycles. The van der Waals surface area contributed by atoms with Gasteiger partial charge >= 0.3 is 0 Å². The zero-order chi connectivity index (χ0) is 26.4. The molecule has 0 aromatic heterocycles. The Balaban J connectivity index is 1.28. The molecule has 200 valence electrons. The highest BCUT2D eigenvalue weighted by Gasteiger charge is 2.78. The molecule has 2 N–H and O–H groups in total. The number of carbonyl (C=O) groups is 1. The predicted octanol–water partition coefficient (Wildman–Crippen LogP) is 4.20. The van der Waals surface area contributed by atoms with Crippen LogP contribution >= 0.6 is 0 Å². The number of rotatable bonds is 5. The lowest BCUT2D eigenvalue weighted by molar-refractivity contribution is -0.229. The molecule has 6 nitrogen and oxygen atoms in total. The number of phenols is 1. The van der Waals surface area contributed by atoms with Crippen LogP contribution in [0.3, 0.4) is 0 Å². The second-order valence-electron chi connectivity index (χ2n) is 12.6. The van der Waals surface area contributed by atoms with Crippen molar-refractivity contribution in [2.45, 2.75) is 81.1 Å². The molecule has 38 heavy (non-hydrogen) atoms. The van der Waals surface area contributed by atoms with E-state index in [2.05, 4.69) is 17.9 Å². The van der Waals surface area contributed by atoms with E-state index >= 15 is 0 Å². The number of aromatic hydroxyl groups is 1. The number of aryl methyl sites for hydroxylation is 1. The van der Waals surface area contributed by atoms with Gasteiger partial charge in [-0.3, -0.25) is 9.69 Å². The molecule has 3 fully saturated rings. The fourth-order valence-electron chi connectivity index (χ4n) is 8.69. The van der Waals surface area contributed by atoms with Crippen molar-refractivity contribution < 1.29 is 19.7 Å². The summed E-state index contributed by atoms with van der Waals surface area (Å²) in [6, 6.07) is 11.6. The Morgan fingerprint density at radius 2 is 2.03 bits per heavy atom. The molecule has 1 saturated heterocycles. The van der Waals surface area contributed by atoms with Crippen LogP contribution < -0.4 is 4.74 Å². The average molecular weight is 515 g/mol. The number of phenolic OH excluding ortho intramolecular Hbond substituents is 1. The highest BCUT2D eigenvalue weighted by Crippen LogP contribution is 2.69. The second-order valence-corrected chi connectivity index (χ2v) is 12.6. The van der Waals surface area contributed by atoms with Crippen LogP contribution in [0.2, 0.25) is 0 Å². The first-order valence-corrected chi connectivity index (χ1v) is 14.2. The van der Waals surface area contributed by atoms with Gasteiger partial charge in [0, 0.05) is 31.3 Å². The average Bonchev–Trinajstić information content (AvgIpc) is 3.65. The van der Waals surface area contributed by atoms with Gasteiger partial charge in [-0.25, -0.2) is 0 Å². The quantitative estimate of drug-likeness (QED) is 0.586. The van der Waals surface area contributed by atoms with E-state index in [1.54, 1.807) is 12.1 Å². The van der Waals surface area contributed by atoms with Crippen molar-refractivity contribution in [3.8, 4) is 11.5 Å². The molecule has 2 saturated carbocycles. The van der Waals surface area contributed by atoms with Gasteiger partial charge in [-0.15, -0.1) is 0 Å². The molecule has 0 radical (unpaired) electrons. The molecule has 2 aromatic carbocycles. The molecule has 2 aromatic rings. The standard InChI is InChI=1S/C32H38N2O4/c1-20-5-4-6-21(17-20)9-12-27(36)33(3)25-13-14-32(37)26-18-23-10-11-24(35)29-28(23)31(32,30(25,2)38-29)15-16-34(26)19-22-7-8-22/h4-6,9-12,17,22,25-26,35,37H,7-8,13-16,18-19H2,1-3H3/b12-9+/t25?,26-,30?,31+,32-/m1/s1. The van der Waals surface area contributed by atoms with Gasteiger partial charge in [-0.05, 0) is 88.1 Å². The van der Waals surface area contributed by atoms with Gasteiger partial charge in [-0.2, -0.15) is 0 Å². The van der Waals surface area contributed by atoms with Crippen LogP contribution in [0.15, 0.2) is 42.5 Å². The monoisotopic (exact) mass is 514 g/mol. The zero-order valence-electron chi connectivity index (χ0n) is 22.6. The van der Waals surface area contributed by atoms with E-state index in [1.807, 2.05) is 49.2 Å². The minimum absolute atomic E-state index is 0.0194. The Hall–Kier alpha value is -2.83. The van der Waals surface area contributed by atoms with Crippen LogP contribution in [0.5, 0.6) is 11.5 Å². The van der Waals surface area contributed by atoms with Crippen molar-refractivity contribution in [3.05, 3.63) is 64.7 Å². The minimum Gasteiger partial charge on any atom is -0.504 e. The summed E-state index contributed by atoms with van der Waals surface area (Å²) in [7, 11) is 1.86. The number of carbonyl (C=O) groups excluding carboxylic acids is 1. The predicted molar refractivity (Wildman–Crippen MR) is 146 cm³/mol. The number of likely N-dealkylation sites (tertiary alicyclic amines) is 1. The first-order valence-electron chi connectivity index (χ1n) is 14.2. The van der Waals surface area contributed by atoms with E-state index < -0.39 is 16.6 Å².